The van der Waals surface area contributed by atoms with Crippen LogP contribution in [-0.4, -0.2) is 36.7 Å². The third kappa shape index (κ3) is 1.96. The minimum atomic E-state index is -0.126. The van der Waals surface area contributed by atoms with Crippen LogP contribution in [0.25, 0.3) is 0 Å². The van der Waals surface area contributed by atoms with E-state index in [0.29, 0.717) is 31.0 Å². The lowest BCUT2D eigenvalue weighted by Crippen LogP contribution is -2.38. The molecule has 0 fully saturated rings. The predicted molar refractivity (Wildman–Crippen MR) is 69.3 cm³/mol. The number of carbonyl (C=O) groups is 1. The number of nitrogens with two attached hydrogens (primary N) is 1. The molecule has 2 N–H and O–H groups in total. The van der Waals surface area contributed by atoms with Crippen LogP contribution in [0.15, 0.2) is 18.6 Å². The normalized spacial score (nSPS) is 14.5. The monoisotopic (exact) mass is 260 g/mol. The van der Waals surface area contributed by atoms with Crippen LogP contribution in [0.2, 0.25) is 0 Å². The van der Waals surface area contributed by atoms with Gasteiger partial charge in [-0.25, -0.2) is 4.98 Å². The average Bonchev–Trinajstić information content (AvgIpc) is 3.02. The Hall–Kier alpha value is -2.31. The molecule has 3 rings (SSSR count). The van der Waals surface area contributed by atoms with Gasteiger partial charge in [0, 0.05) is 38.2 Å². The first kappa shape index (κ1) is 11.8. The molecule has 0 aromatic carbocycles. The number of hydrogen-bond acceptors (Lipinski definition) is 4. The summed E-state index contributed by atoms with van der Waals surface area (Å²) in [5.41, 5.74) is 6.61. The molecule has 0 spiro atoms. The molecule has 0 bridgehead atoms. The van der Waals surface area contributed by atoms with E-state index in [9.17, 15) is 4.79 Å². The fraction of sp³-hybridized carbons (Fsp3) is 0.417. The average molecular weight is 260 g/mol. The fourth-order valence-electron chi connectivity index (χ4n) is 2.26. The van der Waals surface area contributed by atoms with Gasteiger partial charge in [-0.3, -0.25) is 9.48 Å². The van der Waals surface area contributed by atoms with Crippen molar-refractivity contribution in [1.29, 1.82) is 0 Å². The van der Waals surface area contributed by atoms with Crippen LogP contribution in [-0.2, 0) is 19.6 Å². The summed E-state index contributed by atoms with van der Waals surface area (Å²) in [5.74, 6) is 0.770. The molecule has 2 aromatic rings. The number of anilines is 1. The van der Waals surface area contributed by atoms with E-state index in [1.165, 1.54) is 0 Å². The van der Waals surface area contributed by atoms with Crippen LogP contribution >= 0.6 is 0 Å². The van der Waals surface area contributed by atoms with Crippen LogP contribution in [0.4, 0.5) is 5.69 Å². The third-order valence-corrected chi connectivity index (χ3v) is 3.35. The maximum atomic E-state index is 12.4. The van der Waals surface area contributed by atoms with E-state index in [2.05, 4.69) is 14.6 Å². The van der Waals surface area contributed by atoms with Crippen molar-refractivity contribution in [2.24, 2.45) is 0 Å². The maximum Gasteiger partial charge on any atom is 0.276 e. The van der Waals surface area contributed by atoms with Gasteiger partial charge < -0.3 is 15.2 Å². The quantitative estimate of drug-likeness (QED) is 0.844. The maximum absolute atomic E-state index is 12.4. The Morgan fingerprint density at radius 2 is 2.32 bits per heavy atom. The zero-order chi connectivity index (χ0) is 13.4. The Bertz CT molecular complexity index is 614. The number of rotatable bonds is 2. The summed E-state index contributed by atoms with van der Waals surface area (Å²) in [4.78, 5) is 18.4. The van der Waals surface area contributed by atoms with Gasteiger partial charge in [0.2, 0.25) is 0 Å². The molecular weight excluding hydrogens is 244 g/mol. The summed E-state index contributed by atoms with van der Waals surface area (Å²) in [7, 11) is 0. The van der Waals surface area contributed by atoms with Gasteiger partial charge in [0.1, 0.15) is 5.82 Å². The van der Waals surface area contributed by atoms with Crippen LogP contribution in [0, 0.1) is 0 Å². The number of carbonyl (C=O) groups excluding carboxylic acids is 1. The number of imidazole rings is 1. The van der Waals surface area contributed by atoms with E-state index in [-0.39, 0.29) is 5.91 Å². The van der Waals surface area contributed by atoms with Crippen LogP contribution in [0.1, 0.15) is 23.2 Å². The molecule has 7 nitrogen and oxygen atoms in total. The van der Waals surface area contributed by atoms with Gasteiger partial charge in [-0.2, -0.15) is 5.10 Å². The molecule has 0 atom stereocenters. The summed E-state index contributed by atoms with van der Waals surface area (Å²) in [6, 6.07) is 0. The molecule has 0 unspecified atom stereocenters. The fourth-order valence-corrected chi connectivity index (χ4v) is 2.26. The first-order valence-corrected chi connectivity index (χ1v) is 6.31. The molecule has 7 heteroatoms. The number of aromatic nitrogens is 4. The Labute approximate surface area is 110 Å². The highest BCUT2D eigenvalue weighted by atomic mass is 16.2. The van der Waals surface area contributed by atoms with Crippen LogP contribution in [0.5, 0.6) is 0 Å². The first-order valence-electron chi connectivity index (χ1n) is 6.31. The van der Waals surface area contributed by atoms with E-state index in [0.717, 1.165) is 12.4 Å². The molecule has 0 saturated heterocycles. The Morgan fingerprint density at radius 1 is 1.47 bits per heavy atom. The van der Waals surface area contributed by atoms with Crippen molar-refractivity contribution in [2.45, 2.75) is 26.6 Å². The molecule has 2 aromatic heterocycles. The highest BCUT2D eigenvalue weighted by molar-refractivity contribution is 5.97. The van der Waals surface area contributed by atoms with E-state index in [1.807, 2.05) is 13.1 Å². The van der Waals surface area contributed by atoms with E-state index in [4.69, 9.17) is 5.73 Å². The lowest BCUT2D eigenvalue weighted by molar-refractivity contribution is 0.0701. The molecular formula is C12H16N6O. The molecule has 1 aliphatic rings. The molecule has 1 aliphatic heterocycles. The van der Waals surface area contributed by atoms with Crippen LogP contribution < -0.4 is 5.73 Å². The highest BCUT2D eigenvalue weighted by Crippen LogP contribution is 2.16. The van der Waals surface area contributed by atoms with Crippen molar-refractivity contribution in [2.75, 3.05) is 12.3 Å². The number of fused-ring (bicyclic) bond motifs is 1. The standard InChI is InChI=1S/C12H16N6O/c1-2-18-7-9(13)11(15-18)12(19)17-6-5-16-4-3-14-10(16)8-17/h3-4,7H,2,5-6,8,13H2,1H3. The van der Waals surface area contributed by atoms with Crippen molar-refractivity contribution in [1.82, 2.24) is 24.2 Å². The zero-order valence-corrected chi connectivity index (χ0v) is 10.8. The summed E-state index contributed by atoms with van der Waals surface area (Å²) in [5, 5.41) is 4.22. The molecule has 0 radical (unpaired) electrons. The summed E-state index contributed by atoms with van der Waals surface area (Å²) in [6.07, 6.45) is 5.37. The van der Waals surface area contributed by atoms with Gasteiger partial charge in [-0.05, 0) is 6.92 Å². The molecule has 1 amide bonds. The van der Waals surface area contributed by atoms with E-state index in [1.54, 1.807) is 22.0 Å². The number of nitrogens with zero attached hydrogens (tertiary/aromatic N) is 5. The number of aryl methyl sites for hydroxylation is 1. The topological polar surface area (TPSA) is 82.0 Å². The summed E-state index contributed by atoms with van der Waals surface area (Å²) >= 11 is 0. The van der Waals surface area contributed by atoms with Crippen molar-refractivity contribution in [3.63, 3.8) is 0 Å². The zero-order valence-electron chi connectivity index (χ0n) is 10.8. The predicted octanol–water partition coefficient (Wildman–Crippen LogP) is 0.338. The molecule has 19 heavy (non-hydrogen) atoms. The summed E-state index contributed by atoms with van der Waals surface area (Å²) in [6.45, 7) is 4.57. The van der Waals surface area contributed by atoms with Gasteiger partial charge in [0.05, 0.1) is 12.2 Å². The lowest BCUT2D eigenvalue weighted by Gasteiger charge is -2.27. The molecule has 0 aliphatic carbocycles. The molecule has 3 heterocycles. The van der Waals surface area contributed by atoms with Gasteiger partial charge in [0.25, 0.3) is 5.91 Å². The van der Waals surface area contributed by atoms with Crippen LogP contribution in [0.3, 0.4) is 0 Å². The third-order valence-electron chi connectivity index (χ3n) is 3.35. The Morgan fingerprint density at radius 3 is 3.05 bits per heavy atom. The van der Waals surface area contributed by atoms with Crippen molar-refractivity contribution in [3.8, 4) is 0 Å². The van der Waals surface area contributed by atoms with Crippen molar-refractivity contribution >= 4 is 11.6 Å². The minimum absolute atomic E-state index is 0.126. The van der Waals surface area contributed by atoms with Gasteiger partial charge in [-0.15, -0.1) is 0 Å². The number of nitrogen functional groups attached to an aromatic ring is 1. The number of hydrogen-bond donors (Lipinski definition) is 1. The second-order valence-corrected chi connectivity index (χ2v) is 4.55. The van der Waals surface area contributed by atoms with E-state index < -0.39 is 0 Å². The Kier molecular flexibility index (Phi) is 2.73. The lowest BCUT2D eigenvalue weighted by atomic mass is 10.3. The van der Waals surface area contributed by atoms with Gasteiger partial charge >= 0.3 is 0 Å². The first-order chi connectivity index (χ1) is 9.19. The summed E-state index contributed by atoms with van der Waals surface area (Å²) < 4.78 is 3.73. The highest BCUT2D eigenvalue weighted by Gasteiger charge is 2.25. The van der Waals surface area contributed by atoms with Crippen molar-refractivity contribution in [3.05, 3.63) is 30.1 Å². The van der Waals surface area contributed by atoms with Gasteiger partial charge in [0.15, 0.2) is 5.69 Å². The number of amides is 1. The molecule has 0 saturated carbocycles. The Balaban J connectivity index is 1.83. The second kappa shape index (κ2) is 4.42. The van der Waals surface area contributed by atoms with Crippen molar-refractivity contribution < 1.29 is 4.79 Å². The smallest absolute Gasteiger partial charge is 0.276 e. The second-order valence-electron chi connectivity index (χ2n) is 4.55. The minimum Gasteiger partial charge on any atom is -0.396 e. The SMILES string of the molecule is CCn1cc(N)c(C(=O)N2CCn3ccnc3C2)n1. The largest absolute Gasteiger partial charge is 0.396 e. The van der Waals surface area contributed by atoms with Gasteiger partial charge in [-0.1, -0.05) is 0 Å². The molecule has 100 valence electrons. The van der Waals surface area contributed by atoms with E-state index >= 15 is 0 Å².